The van der Waals surface area contributed by atoms with E-state index in [-0.39, 0.29) is 0 Å². The normalized spacial score (nSPS) is 10.7. The van der Waals surface area contributed by atoms with Crippen molar-refractivity contribution in [3.63, 3.8) is 0 Å². The van der Waals surface area contributed by atoms with E-state index < -0.39 is 0 Å². The molecule has 0 aliphatic heterocycles. The van der Waals surface area contributed by atoms with E-state index in [0.717, 1.165) is 33.3 Å². The quantitative estimate of drug-likeness (QED) is 0.631. The van der Waals surface area contributed by atoms with Gasteiger partial charge in [0.05, 0.1) is 0 Å². The van der Waals surface area contributed by atoms with Crippen molar-refractivity contribution in [1.29, 1.82) is 0 Å². The van der Waals surface area contributed by atoms with Crippen molar-refractivity contribution in [3.8, 4) is 11.1 Å². The second kappa shape index (κ2) is 4.08. The number of fused-ring (bicyclic) bond motifs is 1. The van der Waals surface area contributed by atoms with Gasteiger partial charge in [-0.25, -0.2) is 0 Å². The SMILES string of the molecule is Nc1ccc(-c2ccc3ccccc3c2N)cc1. The Morgan fingerprint density at radius 1 is 0.667 bits per heavy atom. The van der Waals surface area contributed by atoms with Gasteiger partial charge >= 0.3 is 0 Å². The van der Waals surface area contributed by atoms with E-state index in [1.807, 2.05) is 42.5 Å². The van der Waals surface area contributed by atoms with E-state index >= 15 is 0 Å². The molecule has 0 aliphatic carbocycles. The Morgan fingerprint density at radius 2 is 1.39 bits per heavy atom. The first kappa shape index (κ1) is 10.7. The fourth-order valence-electron chi connectivity index (χ4n) is 2.21. The van der Waals surface area contributed by atoms with E-state index in [2.05, 4.69) is 18.2 Å². The van der Waals surface area contributed by atoms with E-state index in [4.69, 9.17) is 11.5 Å². The van der Waals surface area contributed by atoms with Gasteiger partial charge in [-0.2, -0.15) is 0 Å². The van der Waals surface area contributed by atoms with Gasteiger partial charge in [-0.05, 0) is 23.1 Å². The second-order valence-electron chi connectivity index (χ2n) is 4.37. The average Bonchev–Trinajstić information content (AvgIpc) is 2.41. The van der Waals surface area contributed by atoms with Crippen LogP contribution in [0.15, 0.2) is 60.7 Å². The zero-order chi connectivity index (χ0) is 12.5. The van der Waals surface area contributed by atoms with Gasteiger partial charge in [-0.1, -0.05) is 48.5 Å². The molecule has 0 aliphatic rings. The summed E-state index contributed by atoms with van der Waals surface area (Å²) in [6.45, 7) is 0. The number of nitrogens with two attached hydrogens (primary N) is 2. The van der Waals surface area contributed by atoms with Crippen LogP contribution >= 0.6 is 0 Å². The Labute approximate surface area is 106 Å². The van der Waals surface area contributed by atoms with Crippen LogP contribution in [0.2, 0.25) is 0 Å². The molecule has 2 heteroatoms. The molecule has 0 heterocycles. The third-order valence-corrected chi connectivity index (χ3v) is 3.19. The zero-order valence-electron chi connectivity index (χ0n) is 9.93. The number of nitrogen functional groups attached to an aromatic ring is 2. The van der Waals surface area contributed by atoms with Gasteiger partial charge in [0.2, 0.25) is 0 Å². The lowest BCUT2D eigenvalue weighted by molar-refractivity contribution is 1.63. The first-order valence-corrected chi connectivity index (χ1v) is 5.89. The minimum absolute atomic E-state index is 0.762. The summed E-state index contributed by atoms with van der Waals surface area (Å²) in [6, 6.07) is 20.1. The highest BCUT2D eigenvalue weighted by Crippen LogP contribution is 2.32. The molecule has 3 aromatic carbocycles. The number of rotatable bonds is 1. The summed E-state index contributed by atoms with van der Waals surface area (Å²) >= 11 is 0. The summed E-state index contributed by atoms with van der Waals surface area (Å²) in [6.07, 6.45) is 0. The summed E-state index contributed by atoms with van der Waals surface area (Å²) in [4.78, 5) is 0. The van der Waals surface area contributed by atoms with Gasteiger partial charge in [-0.15, -0.1) is 0 Å². The van der Waals surface area contributed by atoms with Gasteiger partial charge in [0.15, 0.2) is 0 Å². The van der Waals surface area contributed by atoms with Gasteiger partial charge in [0, 0.05) is 22.3 Å². The zero-order valence-corrected chi connectivity index (χ0v) is 9.93. The maximum atomic E-state index is 6.26. The van der Waals surface area contributed by atoms with Crippen LogP contribution < -0.4 is 11.5 Å². The van der Waals surface area contributed by atoms with Crippen molar-refractivity contribution in [2.45, 2.75) is 0 Å². The second-order valence-corrected chi connectivity index (χ2v) is 4.37. The first-order chi connectivity index (χ1) is 8.75. The van der Waals surface area contributed by atoms with Crippen LogP contribution in [0.1, 0.15) is 0 Å². The molecule has 0 amide bonds. The van der Waals surface area contributed by atoms with E-state index in [1.54, 1.807) is 0 Å². The lowest BCUT2D eigenvalue weighted by Gasteiger charge is -2.09. The molecule has 0 spiro atoms. The monoisotopic (exact) mass is 234 g/mol. The minimum atomic E-state index is 0.762. The number of hydrogen-bond donors (Lipinski definition) is 2. The highest BCUT2D eigenvalue weighted by atomic mass is 14.6. The molecule has 3 rings (SSSR count). The summed E-state index contributed by atoms with van der Waals surface area (Å²) in [7, 11) is 0. The van der Waals surface area contributed by atoms with E-state index in [0.29, 0.717) is 0 Å². The van der Waals surface area contributed by atoms with Crippen LogP contribution in [-0.4, -0.2) is 0 Å². The molecule has 0 fully saturated rings. The summed E-state index contributed by atoms with van der Waals surface area (Å²) in [5.74, 6) is 0. The molecule has 88 valence electrons. The summed E-state index contributed by atoms with van der Waals surface area (Å²) in [5.41, 5.74) is 15.7. The first-order valence-electron chi connectivity index (χ1n) is 5.89. The van der Waals surface area contributed by atoms with Crippen molar-refractivity contribution >= 4 is 22.1 Å². The van der Waals surface area contributed by atoms with Gasteiger partial charge in [0.25, 0.3) is 0 Å². The summed E-state index contributed by atoms with van der Waals surface area (Å²) in [5, 5.41) is 2.25. The predicted molar refractivity (Wildman–Crippen MR) is 78.2 cm³/mol. The van der Waals surface area contributed by atoms with Crippen LogP contribution in [0.3, 0.4) is 0 Å². The Morgan fingerprint density at radius 3 is 2.17 bits per heavy atom. The molecule has 0 aromatic heterocycles. The van der Waals surface area contributed by atoms with Crippen molar-refractivity contribution in [2.75, 3.05) is 11.5 Å². The molecular formula is C16H14N2. The predicted octanol–water partition coefficient (Wildman–Crippen LogP) is 3.67. The van der Waals surface area contributed by atoms with Gasteiger partial charge in [-0.3, -0.25) is 0 Å². The Balaban J connectivity index is 2.24. The molecule has 0 saturated carbocycles. The third-order valence-electron chi connectivity index (χ3n) is 3.19. The molecule has 3 aromatic rings. The molecule has 4 N–H and O–H groups in total. The molecule has 0 bridgehead atoms. The van der Waals surface area contributed by atoms with Gasteiger partial charge in [0.1, 0.15) is 0 Å². The van der Waals surface area contributed by atoms with Crippen LogP contribution in [0.25, 0.3) is 21.9 Å². The van der Waals surface area contributed by atoms with Crippen LogP contribution in [-0.2, 0) is 0 Å². The maximum Gasteiger partial charge on any atom is 0.0473 e. The number of hydrogen-bond acceptors (Lipinski definition) is 2. The van der Waals surface area contributed by atoms with Crippen molar-refractivity contribution < 1.29 is 0 Å². The fourth-order valence-corrected chi connectivity index (χ4v) is 2.21. The van der Waals surface area contributed by atoms with E-state index in [1.165, 1.54) is 0 Å². The standard InChI is InChI=1S/C16H14N2/c17-13-8-5-12(6-9-13)15-10-7-11-3-1-2-4-14(11)16(15)18/h1-10H,17-18H2. The Hall–Kier alpha value is -2.48. The van der Waals surface area contributed by atoms with Crippen molar-refractivity contribution in [2.24, 2.45) is 0 Å². The smallest absolute Gasteiger partial charge is 0.0473 e. The molecule has 0 atom stereocenters. The van der Waals surface area contributed by atoms with Crippen molar-refractivity contribution in [3.05, 3.63) is 60.7 Å². The Bertz CT molecular complexity index is 700. The Kier molecular flexibility index (Phi) is 2.41. The molecule has 18 heavy (non-hydrogen) atoms. The van der Waals surface area contributed by atoms with Crippen molar-refractivity contribution in [1.82, 2.24) is 0 Å². The highest BCUT2D eigenvalue weighted by Gasteiger charge is 2.05. The highest BCUT2D eigenvalue weighted by molar-refractivity contribution is 6.00. The van der Waals surface area contributed by atoms with E-state index in [9.17, 15) is 0 Å². The molecular weight excluding hydrogens is 220 g/mol. The topological polar surface area (TPSA) is 52.0 Å². The fraction of sp³-hybridized carbons (Fsp3) is 0. The maximum absolute atomic E-state index is 6.26. The largest absolute Gasteiger partial charge is 0.399 e. The minimum Gasteiger partial charge on any atom is -0.399 e. The number of anilines is 2. The lowest BCUT2D eigenvalue weighted by Crippen LogP contribution is -1.92. The average molecular weight is 234 g/mol. The molecule has 0 radical (unpaired) electrons. The molecule has 0 saturated heterocycles. The lowest BCUT2D eigenvalue weighted by atomic mass is 9.98. The van der Waals surface area contributed by atoms with Crippen LogP contribution in [0.5, 0.6) is 0 Å². The third kappa shape index (κ3) is 1.68. The van der Waals surface area contributed by atoms with Gasteiger partial charge < -0.3 is 11.5 Å². The van der Waals surface area contributed by atoms with Crippen LogP contribution in [0, 0.1) is 0 Å². The molecule has 0 unspecified atom stereocenters. The molecule has 2 nitrogen and oxygen atoms in total. The van der Waals surface area contributed by atoms with Crippen LogP contribution in [0.4, 0.5) is 11.4 Å². The number of benzene rings is 3. The summed E-state index contributed by atoms with van der Waals surface area (Å²) < 4.78 is 0.